The number of carbonyl (C=O) groups excluding carboxylic acids is 1. The summed E-state index contributed by atoms with van der Waals surface area (Å²) in [5.41, 5.74) is 1.09. The summed E-state index contributed by atoms with van der Waals surface area (Å²) in [5, 5.41) is 4.42. The maximum absolute atomic E-state index is 13.2. The zero-order valence-electron chi connectivity index (χ0n) is 16.2. The Morgan fingerprint density at radius 3 is 2.57 bits per heavy atom. The first-order valence-corrected chi connectivity index (χ1v) is 10.2. The molecule has 0 radical (unpaired) electrons. The molecular weight excluding hydrogens is 392 g/mol. The highest BCUT2D eigenvalue weighted by Crippen LogP contribution is 2.42. The molecule has 1 aliphatic rings. The van der Waals surface area contributed by atoms with Crippen LogP contribution in [0.15, 0.2) is 48.5 Å². The topological polar surface area (TPSA) is 41.6 Å². The van der Waals surface area contributed by atoms with Gasteiger partial charge in [0.15, 0.2) is 10.9 Å². The molecule has 148 valence electrons. The Bertz CT molecular complexity index is 856. The Morgan fingerprint density at radius 2 is 1.93 bits per heavy atom. The minimum Gasteiger partial charge on any atom is -0.497 e. The van der Waals surface area contributed by atoms with Gasteiger partial charge in [0.25, 0.3) is 0 Å². The average molecular weight is 417 g/mol. The van der Waals surface area contributed by atoms with E-state index >= 15 is 0 Å². The smallest absolute Gasteiger partial charge is 0.170 e. The van der Waals surface area contributed by atoms with E-state index in [2.05, 4.69) is 5.32 Å². The van der Waals surface area contributed by atoms with E-state index in [0.29, 0.717) is 29.5 Å². The van der Waals surface area contributed by atoms with Gasteiger partial charge in [-0.15, -0.1) is 0 Å². The SMILES string of the molecule is COc1ccc(CNC(=S)N(C)C2(c3ccccc3Cl)CCCCC2=O)cc1. The van der Waals surface area contributed by atoms with Crippen molar-refractivity contribution >= 4 is 34.7 Å². The minimum absolute atomic E-state index is 0.169. The van der Waals surface area contributed by atoms with Crippen molar-refractivity contribution in [1.29, 1.82) is 0 Å². The molecule has 1 aliphatic carbocycles. The van der Waals surface area contributed by atoms with E-state index in [1.54, 1.807) is 7.11 Å². The Hall–Kier alpha value is -2.11. The van der Waals surface area contributed by atoms with Crippen molar-refractivity contribution in [3.8, 4) is 5.75 Å². The van der Waals surface area contributed by atoms with Crippen molar-refractivity contribution in [2.75, 3.05) is 14.2 Å². The number of nitrogens with one attached hydrogen (secondary N) is 1. The summed E-state index contributed by atoms with van der Waals surface area (Å²) in [6, 6.07) is 15.4. The van der Waals surface area contributed by atoms with Gasteiger partial charge in [-0.05, 0) is 55.2 Å². The molecule has 3 rings (SSSR count). The molecule has 2 aromatic rings. The number of thiocarbonyl (C=S) groups is 1. The zero-order chi connectivity index (χ0) is 20.1. The number of benzene rings is 2. The molecule has 6 heteroatoms. The number of likely N-dealkylation sites (N-methyl/N-ethyl adjacent to an activating group) is 1. The quantitative estimate of drug-likeness (QED) is 0.716. The average Bonchev–Trinajstić information content (AvgIpc) is 2.73. The summed E-state index contributed by atoms with van der Waals surface area (Å²) in [6.45, 7) is 0.569. The van der Waals surface area contributed by atoms with Crippen LogP contribution in [0.25, 0.3) is 0 Å². The van der Waals surface area contributed by atoms with Crippen LogP contribution in [0.2, 0.25) is 5.02 Å². The van der Waals surface area contributed by atoms with Gasteiger partial charge >= 0.3 is 0 Å². The first-order valence-electron chi connectivity index (χ1n) is 9.42. The molecule has 0 amide bonds. The fourth-order valence-electron chi connectivity index (χ4n) is 3.84. The van der Waals surface area contributed by atoms with Crippen molar-refractivity contribution in [3.63, 3.8) is 0 Å². The summed E-state index contributed by atoms with van der Waals surface area (Å²) in [5.74, 6) is 0.983. The highest BCUT2D eigenvalue weighted by molar-refractivity contribution is 7.80. The number of methoxy groups -OCH3 is 1. The third-order valence-electron chi connectivity index (χ3n) is 5.45. The van der Waals surface area contributed by atoms with Crippen LogP contribution < -0.4 is 10.1 Å². The zero-order valence-corrected chi connectivity index (χ0v) is 17.8. The maximum Gasteiger partial charge on any atom is 0.170 e. The van der Waals surface area contributed by atoms with Crippen LogP contribution in [0.1, 0.15) is 36.8 Å². The fourth-order valence-corrected chi connectivity index (χ4v) is 4.36. The Kier molecular flexibility index (Phi) is 6.57. The molecule has 1 atom stereocenters. The van der Waals surface area contributed by atoms with Gasteiger partial charge < -0.3 is 15.0 Å². The van der Waals surface area contributed by atoms with E-state index < -0.39 is 5.54 Å². The number of halogens is 1. The van der Waals surface area contributed by atoms with E-state index in [-0.39, 0.29) is 5.78 Å². The van der Waals surface area contributed by atoms with Gasteiger partial charge in [-0.3, -0.25) is 4.79 Å². The summed E-state index contributed by atoms with van der Waals surface area (Å²) in [6.07, 6.45) is 3.11. The second kappa shape index (κ2) is 8.93. The standard InChI is InChI=1S/C22H25ClN2O2S/c1-25(21(28)24-15-16-10-12-17(27-2)13-11-16)22(14-6-5-9-20(22)26)18-7-3-4-8-19(18)23/h3-4,7-8,10-13H,5-6,9,14-15H2,1-2H3,(H,24,28). The normalized spacial score (nSPS) is 19.2. The van der Waals surface area contributed by atoms with Gasteiger partial charge in [0.1, 0.15) is 11.3 Å². The van der Waals surface area contributed by atoms with Crippen LogP contribution in [-0.2, 0) is 16.9 Å². The van der Waals surface area contributed by atoms with Crippen molar-refractivity contribution in [1.82, 2.24) is 10.2 Å². The minimum atomic E-state index is -0.819. The molecule has 1 N–H and O–H groups in total. The lowest BCUT2D eigenvalue weighted by Gasteiger charge is -2.45. The van der Waals surface area contributed by atoms with Crippen LogP contribution >= 0.6 is 23.8 Å². The molecule has 28 heavy (non-hydrogen) atoms. The van der Waals surface area contributed by atoms with E-state index in [0.717, 1.165) is 29.7 Å². The predicted molar refractivity (Wildman–Crippen MR) is 117 cm³/mol. The van der Waals surface area contributed by atoms with Crippen LogP contribution in [0.3, 0.4) is 0 Å². The van der Waals surface area contributed by atoms with Crippen molar-refractivity contribution in [3.05, 3.63) is 64.7 Å². The summed E-state index contributed by atoms with van der Waals surface area (Å²) < 4.78 is 5.19. The van der Waals surface area contributed by atoms with E-state index in [9.17, 15) is 4.79 Å². The number of nitrogens with zero attached hydrogens (tertiary/aromatic N) is 1. The van der Waals surface area contributed by atoms with Gasteiger partial charge in [-0.25, -0.2) is 0 Å². The Labute approximate surface area is 176 Å². The van der Waals surface area contributed by atoms with Crippen molar-refractivity contribution < 1.29 is 9.53 Å². The third-order valence-corrected chi connectivity index (χ3v) is 6.20. The molecule has 0 heterocycles. The highest BCUT2D eigenvalue weighted by Gasteiger charge is 2.47. The summed E-state index contributed by atoms with van der Waals surface area (Å²) in [4.78, 5) is 15.1. The highest BCUT2D eigenvalue weighted by atomic mass is 35.5. The number of hydrogen-bond acceptors (Lipinski definition) is 3. The number of ether oxygens (including phenoxy) is 1. The van der Waals surface area contributed by atoms with Crippen molar-refractivity contribution in [2.45, 2.75) is 37.8 Å². The van der Waals surface area contributed by atoms with Crippen LogP contribution in [0.5, 0.6) is 5.75 Å². The van der Waals surface area contributed by atoms with Crippen molar-refractivity contribution in [2.24, 2.45) is 0 Å². The van der Waals surface area contributed by atoms with Crippen LogP contribution in [0.4, 0.5) is 0 Å². The van der Waals surface area contributed by atoms with Gasteiger partial charge in [0, 0.05) is 30.6 Å². The molecular formula is C22H25ClN2O2S. The molecule has 0 aliphatic heterocycles. The summed E-state index contributed by atoms with van der Waals surface area (Å²) >= 11 is 12.2. The summed E-state index contributed by atoms with van der Waals surface area (Å²) in [7, 11) is 3.53. The van der Waals surface area contributed by atoms with E-state index in [4.69, 9.17) is 28.6 Å². The lowest BCUT2D eigenvalue weighted by Crippen LogP contribution is -2.56. The fraction of sp³-hybridized carbons (Fsp3) is 0.364. The second-order valence-corrected chi connectivity index (χ2v) is 7.83. The van der Waals surface area contributed by atoms with Gasteiger partial charge in [0.2, 0.25) is 0 Å². The molecule has 4 nitrogen and oxygen atoms in total. The van der Waals surface area contributed by atoms with Gasteiger partial charge in [-0.1, -0.05) is 41.9 Å². The molecule has 0 spiro atoms. The molecule has 1 fully saturated rings. The Morgan fingerprint density at radius 1 is 1.21 bits per heavy atom. The molecule has 2 aromatic carbocycles. The van der Waals surface area contributed by atoms with Gasteiger partial charge in [0.05, 0.1) is 7.11 Å². The molecule has 0 bridgehead atoms. The first-order chi connectivity index (χ1) is 13.5. The molecule has 0 saturated heterocycles. The van der Waals surface area contributed by atoms with Crippen LogP contribution in [0, 0.1) is 0 Å². The Balaban J connectivity index is 1.82. The monoisotopic (exact) mass is 416 g/mol. The number of ketones is 1. The molecule has 0 aromatic heterocycles. The lowest BCUT2D eigenvalue weighted by atomic mass is 9.74. The number of rotatable bonds is 5. The largest absolute Gasteiger partial charge is 0.497 e. The van der Waals surface area contributed by atoms with E-state index in [1.165, 1.54) is 0 Å². The number of hydrogen-bond donors (Lipinski definition) is 1. The number of carbonyl (C=O) groups is 1. The molecule has 1 saturated carbocycles. The lowest BCUT2D eigenvalue weighted by molar-refractivity contribution is -0.131. The first kappa shape index (κ1) is 20.6. The van der Waals surface area contributed by atoms with Gasteiger partial charge in [-0.2, -0.15) is 0 Å². The van der Waals surface area contributed by atoms with E-state index in [1.807, 2.05) is 60.5 Å². The third kappa shape index (κ3) is 4.01. The van der Waals surface area contributed by atoms with Crippen LogP contribution in [-0.4, -0.2) is 30.0 Å². The predicted octanol–water partition coefficient (Wildman–Crippen LogP) is 4.69. The maximum atomic E-state index is 13.2. The second-order valence-electron chi connectivity index (χ2n) is 7.04. The number of Topliss-reactive ketones (excluding diaryl/α,β-unsaturated/α-hetero) is 1. The molecule has 1 unspecified atom stereocenters.